The minimum absolute atomic E-state index is 0.385. The van der Waals surface area contributed by atoms with Gasteiger partial charge in [0.15, 0.2) is 0 Å². The number of benzene rings is 1. The van der Waals surface area contributed by atoms with E-state index in [-0.39, 0.29) is 0 Å². The number of likely N-dealkylation sites (tertiary alicyclic amines) is 1. The predicted octanol–water partition coefficient (Wildman–Crippen LogP) is 2.74. The summed E-state index contributed by atoms with van der Waals surface area (Å²) in [5.74, 6) is 0. The van der Waals surface area contributed by atoms with Gasteiger partial charge in [-0.1, -0.05) is 12.1 Å². The Morgan fingerprint density at radius 3 is 2.45 bits per heavy atom. The van der Waals surface area contributed by atoms with Crippen molar-refractivity contribution in [2.75, 3.05) is 32.1 Å². The summed E-state index contributed by atoms with van der Waals surface area (Å²) in [5, 5.41) is 0. The van der Waals surface area contributed by atoms with Crippen molar-refractivity contribution in [1.29, 1.82) is 0 Å². The summed E-state index contributed by atoms with van der Waals surface area (Å²) >= 11 is 0. The van der Waals surface area contributed by atoms with Crippen LogP contribution in [-0.4, -0.2) is 44.5 Å². The minimum atomic E-state index is 0.385. The summed E-state index contributed by atoms with van der Waals surface area (Å²) in [6.45, 7) is 1.77. The number of hydrogen-bond acceptors (Lipinski definition) is 3. The number of ether oxygens (including phenoxy) is 1. The number of carbonyl (C=O) groups excluding carboxylic acids is 1. The maximum Gasteiger partial charge on any atom is 0.299 e. The largest absolute Gasteiger partial charge is 0.434 e. The van der Waals surface area contributed by atoms with Crippen LogP contribution < -0.4 is 4.90 Å². The third-order valence-electron chi connectivity index (χ3n) is 3.63. The molecule has 1 aromatic rings. The summed E-state index contributed by atoms with van der Waals surface area (Å²) in [7, 11) is 4.02. The highest BCUT2D eigenvalue weighted by molar-refractivity contribution is 5.81. The Morgan fingerprint density at radius 2 is 1.86 bits per heavy atom. The lowest BCUT2D eigenvalue weighted by molar-refractivity contribution is -0.106. The quantitative estimate of drug-likeness (QED) is 0.371. The normalized spacial score (nSPS) is 15.9. The first-order valence-electron chi connectivity index (χ1n) is 7.57. The van der Waals surface area contributed by atoms with Gasteiger partial charge >= 0.3 is 0 Å². The molecule has 0 N–H and O–H groups in total. The minimum Gasteiger partial charge on any atom is -0.434 e. The lowest BCUT2D eigenvalue weighted by Gasteiger charge is -2.27. The van der Waals surface area contributed by atoms with Crippen molar-refractivity contribution < 1.29 is 9.53 Å². The smallest absolute Gasteiger partial charge is 0.299 e. The van der Waals surface area contributed by atoms with Crippen LogP contribution in [0.3, 0.4) is 0 Å². The number of hydrogen-bond donors (Lipinski definition) is 0. The van der Waals surface area contributed by atoms with E-state index in [4.69, 9.17) is 4.74 Å². The molecule has 1 aromatic carbocycles. The average Bonchev–Trinajstić information content (AvgIpc) is 2.55. The highest BCUT2D eigenvalue weighted by Gasteiger charge is 2.15. The summed E-state index contributed by atoms with van der Waals surface area (Å²) < 4.78 is 5.56. The number of aliphatic imine (C=N–C) groups is 1. The summed E-state index contributed by atoms with van der Waals surface area (Å²) in [6, 6.07) is 8.52. The molecule has 2 rings (SSSR count). The Bertz CT molecular complexity index is 529. The molecular formula is C17H23N3O2. The van der Waals surface area contributed by atoms with Gasteiger partial charge in [0.1, 0.15) is 0 Å². The van der Waals surface area contributed by atoms with Gasteiger partial charge in [0.05, 0.1) is 6.26 Å². The molecular weight excluding hydrogens is 278 g/mol. The molecule has 1 saturated heterocycles. The van der Waals surface area contributed by atoms with Gasteiger partial charge in [-0.25, -0.2) is 0 Å². The Morgan fingerprint density at radius 1 is 1.18 bits per heavy atom. The first-order chi connectivity index (χ1) is 10.7. The predicted molar refractivity (Wildman–Crippen MR) is 89.8 cm³/mol. The number of piperidine rings is 1. The third-order valence-corrected chi connectivity index (χ3v) is 3.63. The van der Waals surface area contributed by atoms with Crippen molar-refractivity contribution >= 4 is 24.2 Å². The molecule has 0 unspecified atom stereocenters. The molecule has 22 heavy (non-hydrogen) atoms. The third kappa shape index (κ3) is 4.62. The van der Waals surface area contributed by atoms with Gasteiger partial charge in [-0.3, -0.25) is 4.79 Å². The number of nitrogens with zero attached hydrogens (tertiary/aromatic N) is 3. The van der Waals surface area contributed by atoms with E-state index >= 15 is 0 Å². The van der Waals surface area contributed by atoms with Crippen LogP contribution in [0.15, 0.2) is 35.5 Å². The van der Waals surface area contributed by atoms with Gasteiger partial charge in [-0.05, 0) is 43.0 Å². The van der Waals surface area contributed by atoms with E-state index in [9.17, 15) is 4.79 Å². The first kappa shape index (κ1) is 16.1. The molecule has 0 spiro atoms. The monoisotopic (exact) mass is 301 g/mol. The fourth-order valence-electron chi connectivity index (χ4n) is 2.37. The van der Waals surface area contributed by atoms with Crippen LogP contribution in [0.25, 0.3) is 6.08 Å². The van der Waals surface area contributed by atoms with E-state index in [1.165, 1.54) is 6.42 Å². The van der Waals surface area contributed by atoms with E-state index in [1.807, 2.05) is 49.3 Å². The van der Waals surface area contributed by atoms with Crippen molar-refractivity contribution in [3.63, 3.8) is 0 Å². The zero-order chi connectivity index (χ0) is 15.8. The molecule has 5 nitrogen and oxygen atoms in total. The number of amidine groups is 1. The summed E-state index contributed by atoms with van der Waals surface area (Å²) in [6.07, 6.45) is 7.42. The maximum atomic E-state index is 10.7. The molecule has 1 amide bonds. The average molecular weight is 301 g/mol. The van der Waals surface area contributed by atoms with E-state index in [2.05, 4.69) is 9.89 Å². The lowest BCUT2D eigenvalue weighted by atomic mass is 10.1. The van der Waals surface area contributed by atoms with Crippen molar-refractivity contribution in [2.24, 2.45) is 4.99 Å². The second kappa shape index (κ2) is 8.22. The van der Waals surface area contributed by atoms with Crippen molar-refractivity contribution in [3.05, 3.63) is 36.1 Å². The van der Waals surface area contributed by atoms with E-state index in [0.717, 1.165) is 37.2 Å². The lowest BCUT2D eigenvalue weighted by Crippen LogP contribution is -2.36. The van der Waals surface area contributed by atoms with Crippen LogP contribution in [0.1, 0.15) is 24.8 Å². The summed E-state index contributed by atoms with van der Waals surface area (Å²) in [4.78, 5) is 18.5. The number of amides is 1. The molecule has 0 bridgehead atoms. The van der Waals surface area contributed by atoms with Gasteiger partial charge in [0.2, 0.25) is 6.41 Å². The van der Waals surface area contributed by atoms with Gasteiger partial charge in [-0.15, -0.1) is 0 Å². The number of anilines is 1. The van der Waals surface area contributed by atoms with Gasteiger partial charge in [0, 0.05) is 32.9 Å². The van der Waals surface area contributed by atoms with Crippen LogP contribution in [0.5, 0.6) is 0 Å². The second-order valence-electron chi connectivity index (χ2n) is 5.47. The second-order valence-corrected chi connectivity index (χ2v) is 5.47. The zero-order valence-electron chi connectivity index (χ0n) is 13.2. The molecule has 0 aromatic heterocycles. The molecule has 1 heterocycles. The van der Waals surface area contributed by atoms with Crippen molar-refractivity contribution in [1.82, 2.24) is 4.90 Å². The molecule has 118 valence electrons. The van der Waals surface area contributed by atoms with Crippen molar-refractivity contribution in [2.45, 2.75) is 19.3 Å². The highest BCUT2D eigenvalue weighted by atomic mass is 16.5. The fourth-order valence-corrected chi connectivity index (χ4v) is 2.37. The molecule has 1 aliphatic heterocycles. The molecule has 1 aliphatic rings. The highest BCUT2D eigenvalue weighted by Crippen LogP contribution is 2.14. The SMILES string of the molecule is CN(C)c1ccc(/C=C/O/C(=N\C=O)N2CCCCC2)cc1. The Balaban J connectivity index is 1.96. The van der Waals surface area contributed by atoms with E-state index < -0.39 is 0 Å². The molecule has 0 saturated carbocycles. The zero-order valence-corrected chi connectivity index (χ0v) is 13.2. The molecule has 0 atom stereocenters. The summed E-state index contributed by atoms with van der Waals surface area (Å²) in [5.41, 5.74) is 2.18. The Kier molecular flexibility index (Phi) is 6.01. The van der Waals surface area contributed by atoms with Crippen molar-refractivity contribution in [3.8, 4) is 0 Å². The van der Waals surface area contributed by atoms with Crippen LogP contribution >= 0.6 is 0 Å². The first-order valence-corrected chi connectivity index (χ1v) is 7.57. The Hall–Kier alpha value is -2.30. The van der Waals surface area contributed by atoms with E-state index in [0.29, 0.717) is 12.4 Å². The Labute approximate surface area is 131 Å². The fraction of sp³-hybridized carbons (Fsp3) is 0.412. The maximum absolute atomic E-state index is 10.7. The topological polar surface area (TPSA) is 45.1 Å². The van der Waals surface area contributed by atoms with Crippen LogP contribution in [0.2, 0.25) is 0 Å². The molecule has 0 aliphatic carbocycles. The number of rotatable bonds is 4. The van der Waals surface area contributed by atoms with Crippen LogP contribution in [0, 0.1) is 0 Å². The standard InChI is InChI=1S/C17H23N3O2/c1-19(2)16-8-6-15(7-9-16)10-13-22-17(18-14-21)20-11-4-3-5-12-20/h6-10,13-14H,3-5,11-12H2,1-2H3/b13-10+,18-17-. The molecule has 1 fully saturated rings. The van der Waals surface area contributed by atoms with E-state index in [1.54, 1.807) is 6.26 Å². The van der Waals surface area contributed by atoms with Crippen LogP contribution in [0.4, 0.5) is 5.69 Å². The van der Waals surface area contributed by atoms with Gasteiger partial charge < -0.3 is 14.5 Å². The molecule has 5 heteroatoms. The van der Waals surface area contributed by atoms with Crippen LogP contribution in [-0.2, 0) is 9.53 Å². The number of carbonyl (C=O) groups is 1. The van der Waals surface area contributed by atoms with Gasteiger partial charge in [-0.2, -0.15) is 4.99 Å². The van der Waals surface area contributed by atoms with Gasteiger partial charge in [0.25, 0.3) is 6.02 Å². The molecule has 0 radical (unpaired) electrons.